The van der Waals surface area contributed by atoms with Gasteiger partial charge in [0.25, 0.3) is 0 Å². The van der Waals surface area contributed by atoms with Gasteiger partial charge in [-0.05, 0) is 47.2 Å². The molecule has 4 N–H and O–H groups in total. The van der Waals surface area contributed by atoms with Crippen LogP contribution in [0.3, 0.4) is 0 Å². The van der Waals surface area contributed by atoms with Crippen molar-refractivity contribution in [2.45, 2.75) is 24.9 Å². The van der Waals surface area contributed by atoms with Crippen molar-refractivity contribution in [3.05, 3.63) is 59.2 Å². The summed E-state index contributed by atoms with van der Waals surface area (Å²) < 4.78 is 5.49. The molecule has 25 heavy (non-hydrogen) atoms. The highest BCUT2D eigenvalue weighted by Crippen LogP contribution is 2.36. The molecule has 1 aliphatic heterocycles. The van der Waals surface area contributed by atoms with Crippen LogP contribution < -0.4 is 5.73 Å². The topological polar surface area (TPSA) is 92.8 Å². The lowest BCUT2D eigenvalue weighted by molar-refractivity contribution is 0.0530. The van der Waals surface area contributed by atoms with Crippen LogP contribution in [-0.4, -0.2) is 35.9 Å². The molecule has 1 saturated heterocycles. The molecule has 3 rings (SSSR count). The molecule has 132 valence electrons. The Morgan fingerprint density at radius 1 is 1.16 bits per heavy atom. The van der Waals surface area contributed by atoms with Crippen molar-refractivity contribution in [3.63, 3.8) is 0 Å². The minimum atomic E-state index is -0.982. The SMILES string of the molecule is NCC1(c2cccc(-c3cc(C(=O)O)ccc3CO)c2)CCOCC1. The van der Waals surface area contributed by atoms with Gasteiger partial charge in [0, 0.05) is 25.2 Å². The van der Waals surface area contributed by atoms with E-state index in [1.54, 1.807) is 12.1 Å². The highest BCUT2D eigenvalue weighted by Gasteiger charge is 2.33. The first-order valence-electron chi connectivity index (χ1n) is 8.45. The van der Waals surface area contributed by atoms with Gasteiger partial charge in [-0.25, -0.2) is 4.79 Å². The molecule has 5 nitrogen and oxygen atoms in total. The Labute approximate surface area is 147 Å². The number of aliphatic hydroxyl groups is 1. The molecule has 0 aromatic heterocycles. The Morgan fingerprint density at radius 3 is 2.56 bits per heavy atom. The maximum Gasteiger partial charge on any atom is 0.335 e. The third-order valence-electron chi connectivity index (χ3n) is 5.15. The third kappa shape index (κ3) is 3.44. The Balaban J connectivity index is 2.07. The number of carboxylic acids is 1. The van der Waals surface area contributed by atoms with Gasteiger partial charge in [-0.1, -0.05) is 30.3 Å². The zero-order valence-corrected chi connectivity index (χ0v) is 14.1. The van der Waals surface area contributed by atoms with Gasteiger partial charge in [0.1, 0.15) is 0 Å². The smallest absolute Gasteiger partial charge is 0.335 e. The van der Waals surface area contributed by atoms with Gasteiger partial charge >= 0.3 is 5.97 Å². The molecule has 0 unspecified atom stereocenters. The van der Waals surface area contributed by atoms with Crippen molar-refractivity contribution in [2.24, 2.45) is 5.73 Å². The van der Waals surface area contributed by atoms with Crippen molar-refractivity contribution >= 4 is 5.97 Å². The van der Waals surface area contributed by atoms with Gasteiger partial charge in [-0.15, -0.1) is 0 Å². The second kappa shape index (κ2) is 7.35. The fourth-order valence-electron chi connectivity index (χ4n) is 3.51. The quantitative estimate of drug-likeness (QED) is 0.777. The van der Waals surface area contributed by atoms with Crippen LogP contribution in [0, 0.1) is 0 Å². The second-order valence-electron chi connectivity index (χ2n) is 6.51. The Bertz CT molecular complexity index is 766. The molecule has 0 bridgehead atoms. The molecule has 0 saturated carbocycles. The number of hydrogen-bond donors (Lipinski definition) is 3. The summed E-state index contributed by atoms with van der Waals surface area (Å²) in [5.74, 6) is -0.982. The van der Waals surface area contributed by atoms with Crippen molar-refractivity contribution < 1.29 is 19.7 Å². The van der Waals surface area contributed by atoms with Gasteiger partial charge in [0.2, 0.25) is 0 Å². The average Bonchev–Trinajstić information content (AvgIpc) is 2.68. The number of nitrogens with two attached hydrogens (primary N) is 1. The average molecular weight is 341 g/mol. The van der Waals surface area contributed by atoms with Crippen LogP contribution in [0.25, 0.3) is 11.1 Å². The molecule has 2 aromatic carbocycles. The largest absolute Gasteiger partial charge is 0.478 e. The van der Waals surface area contributed by atoms with Crippen LogP contribution in [0.5, 0.6) is 0 Å². The highest BCUT2D eigenvalue weighted by atomic mass is 16.5. The normalized spacial score (nSPS) is 16.6. The van der Waals surface area contributed by atoms with E-state index in [1.807, 2.05) is 12.1 Å². The van der Waals surface area contributed by atoms with Gasteiger partial charge in [0.15, 0.2) is 0 Å². The van der Waals surface area contributed by atoms with Gasteiger partial charge < -0.3 is 20.7 Å². The maximum absolute atomic E-state index is 11.3. The van der Waals surface area contributed by atoms with Crippen LogP contribution >= 0.6 is 0 Å². The lowest BCUT2D eigenvalue weighted by Gasteiger charge is -2.37. The molecule has 0 atom stereocenters. The molecular weight excluding hydrogens is 318 g/mol. The van der Waals surface area contributed by atoms with Gasteiger partial charge in [-0.2, -0.15) is 0 Å². The van der Waals surface area contributed by atoms with E-state index in [4.69, 9.17) is 10.5 Å². The maximum atomic E-state index is 11.3. The van der Waals surface area contributed by atoms with E-state index in [0.29, 0.717) is 25.3 Å². The number of benzene rings is 2. The van der Waals surface area contributed by atoms with Crippen LogP contribution in [-0.2, 0) is 16.8 Å². The summed E-state index contributed by atoms with van der Waals surface area (Å²) >= 11 is 0. The molecule has 0 aliphatic carbocycles. The number of ether oxygens (including phenoxy) is 1. The predicted molar refractivity (Wildman–Crippen MR) is 95.5 cm³/mol. The summed E-state index contributed by atoms with van der Waals surface area (Å²) in [6.07, 6.45) is 1.74. The van der Waals surface area contributed by atoms with Crippen LogP contribution in [0.2, 0.25) is 0 Å². The van der Waals surface area contributed by atoms with Crippen LogP contribution in [0.15, 0.2) is 42.5 Å². The van der Waals surface area contributed by atoms with Crippen LogP contribution in [0.1, 0.15) is 34.3 Å². The van der Waals surface area contributed by atoms with E-state index in [9.17, 15) is 15.0 Å². The van der Waals surface area contributed by atoms with E-state index in [0.717, 1.165) is 29.5 Å². The molecule has 2 aromatic rings. The summed E-state index contributed by atoms with van der Waals surface area (Å²) in [6.45, 7) is 1.78. The second-order valence-corrected chi connectivity index (χ2v) is 6.51. The zero-order chi connectivity index (χ0) is 17.9. The monoisotopic (exact) mass is 341 g/mol. The molecular formula is C20H23NO4. The summed E-state index contributed by atoms with van der Waals surface area (Å²) in [7, 11) is 0. The lowest BCUT2D eigenvalue weighted by Crippen LogP contribution is -2.40. The fraction of sp³-hybridized carbons (Fsp3) is 0.350. The molecule has 1 fully saturated rings. The molecule has 0 spiro atoms. The Kier molecular flexibility index (Phi) is 5.18. The lowest BCUT2D eigenvalue weighted by atomic mass is 9.73. The van der Waals surface area contributed by atoms with Crippen LogP contribution in [0.4, 0.5) is 0 Å². The zero-order valence-electron chi connectivity index (χ0n) is 14.1. The first-order valence-corrected chi connectivity index (χ1v) is 8.45. The number of rotatable bonds is 5. The van der Waals surface area contributed by atoms with Crippen molar-refractivity contribution in [3.8, 4) is 11.1 Å². The fourth-order valence-corrected chi connectivity index (χ4v) is 3.51. The molecule has 1 aliphatic rings. The molecule has 5 heteroatoms. The standard InChI is InChI=1S/C20H23NO4/c21-13-20(6-8-25-9-7-20)17-3-1-2-14(10-17)18-11-15(19(23)24)4-5-16(18)12-22/h1-5,10-11,22H,6-9,12-13,21H2,(H,23,24). The first kappa shape index (κ1) is 17.6. The summed E-state index contributed by atoms with van der Waals surface area (Å²) in [4.78, 5) is 11.3. The first-order chi connectivity index (χ1) is 12.1. The van der Waals surface area contributed by atoms with Crippen molar-refractivity contribution in [1.82, 2.24) is 0 Å². The number of hydrogen-bond acceptors (Lipinski definition) is 4. The van der Waals surface area contributed by atoms with Gasteiger partial charge in [-0.3, -0.25) is 0 Å². The molecule has 1 heterocycles. The Morgan fingerprint density at radius 2 is 1.92 bits per heavy atom. The summed E-state index contributed by atoms with van der Waals surface area (Å²) in [6, 6.07) is 12.8. The number of carbonyl (C=O) groups is 1. The number of aliphatic hydroxyl groups excluding tert-OH is 1. The van der Waals surface area contributed by atoms with E-state index < -0.39 is 5.97 Å². The predicted octanol–water partition coefficient (Wildman–Crippen LogP) is 2.55. The number of carboxylic acid groups (broad SMARTS) is 1. The van der Waals surface area contributed by atoms with E-state index >= 15 is 0 Å². The minimum absolute atomic E-state index is 0.113. The van der Waals surface area contributed by atoms with Crippen molar-refractivity contribution in [1.29, 1.82) is 0 Å². The number of aromatic carboxylic acids is 1. The molecule has 0 amide bonds. The van der Waals surface area contributed by atoms with Gasteiger partial charge in [0.05, 0.1) is 12.2 Å². The minimum Gasteiger partial charge on any atom is -0.478 e. The van der Waals surface area contributed by atoms with E-state index in [1.165, 1.54) is 6.07 Å². The van der Waals surface area contributed by atoms with E-state index in [-0.39, 0.29) is 17.6 Å². The molecule has 0 radical (unpaired) electrons. The van der Waals surface area contributed by atoms with E-state index in [2.05, 4.69) is 12.1 Å². The summed E-state index contributed by atoms with van der Waals surface area (Å²) in [5, 5.41) is 18.9. The Hall–Kier alpha value is -2.21. The highest BCUT2D eigenvalue weighted by molar-refractivity contribution is 5.90. The summed E-state index contributed by atoms with van der Waals surface area (Å²) in [5.41, 5.74) is 9.67. The third-order valence-corrected chi connectivity index (χ3v) is 5.15. The van der Waals surface area contributed by atoms with Crippen molar-refractivity contribution in [2.75, 3.05) is 19.8 Å².